The van der Waals surface area contributed by atoms with Gasteiger partial charge in [-0.3, -0.25) is 4.79 Å². The van der Waals surface area contributed by atoms with Crippen LogP contribution in [-0.4, -0.2) is 53.1 Å². The lowest BCUT2D eigenvalue weighted by atomic mass is 10.1. The van der Waals surface area contributed by atoms with Crippen LogP contribution in [0.5, 0.6) is 6.01 Å². The van der Waals surface area contributed by atoms with Crippen LogP contribution in [0.2, 0.25) is 0 Å². The Balaban J connectivity index is 1.53. The van der Waals surface area contributed by atoms with Crippen molar-refractivity contribution in [2.24, 2.45) is 17.8 Å². The summed E-state index contributed by atoms with van der Waals surface area (Å²) < 4.78 is 41.8. The van der Waals surface area contributed by atoms with E-state index in [4.69, 9.17) is 5.11 Å². The fourth-order valence-corrected chi connectivity index (χ4v) is 4.06. The maximum atomic E-state index is 12.6. The second kappa shape index (κ2) is 5.88. The summed E-state index contributed by atoms with van der Waals surface area (Å²) in [6, 6.07) is 1.20. The third kappa shape index (κ3) is 3.24. The zero-order chi connectivity index (χ0) is 18.6. The number of carboxylic acids is 1. The highest BCUT2D eigenvalue weighted by Crippen LogP contribution is 2.54. The fourth-order valence-electron chi connectivity index (χ4n) is 4.06. The molecule has 0 radical (unpaired) electrons. The highest BCUT2D eigenvalue weighted by Gasteiger charge is 2.56. The molecule has 1 aliphatic carbocycles. The second-order valence-corrected chi connectivity index (χ2v) is 7.24. The standard InChI is InChI=1S/C16H19F3N4O3/c1-8-2-3-23(8)13-5-12(20-15(21-13)26-16(17,18)19)22-6-10-9(4-14(24)25)11(10)7-22/h5,8-11H,2-4,6-7H2,1H3,(H,24,25)/t8-,9?,10-,11+/m0/s1. The van der Waals surface area contributed by atoms with Gasteiger partial charge in [0.2, 0.25) is 0 Å². The van der Waals surface area contributed by atoms with Crippen molar-refractivity contribution in [2.45, 2.75) is 32.2 Å². The number of aromatic nitrogens is 2. The zero-order valence-corrected chi connectivity index (χ0v) is 14.1. The van der Waals surface area contributed by atoms with Crippen LogP contribution >= 0.6 is 0 Å². The van der Waals surface area contributed by atoms with Gasteiger partial charge in [0.15, 0.2) is 0 Å². The minimum Gasteiger partial charge on any atom is -0.481 e. The minimum atomic E-state index is -4.85. The molecule has 7 nitrogen and oxygen atoms in total. The van der Waals surface area contributed by atoms with E-state index in [1.165, 1.54) is 0 Å². The first-order chi connectivity index (χ1) is 12.2. The summed E-state index contributed by atoms with van der Waals surface area (Å²) in [5.74, 6) is 0.698. The van der Waals surface area contributed by atoms with Crippen LogP contribution in [-0.2, 0) is 4.79 Å². The van der Waals surface area contributed by atoms with Crippen molar-refractivity contribution in [1.29, 1.82) is 0 Å². The quantitative estimate of drug-likeness (QED) is 0.848. The third-order valence-electron chi connectivity index (χ3n) is 5.61. The number of carbonyl (C=O) groups is 1. The van der Waals surface area contributed by atoms with Crippen molar-refractivity contribution >= 4 is 17.6 Å². The number of halogens is 3. The molecule has 0 amide bonds. The van der Waals surface area contributed by atoms with Crippen molar-refractivity contribution in [1.82, 2.24) is 9.97 Å². The Morgan fingerprint density at radius 2 is 1.96 bits per heavy atom. The minimum absolute atomic E-state index is 0.145. The van der Waals surface area contributed by atoms with Crippen LogP contribution in [0.3, 0.4) is 0 Å². The summed E-state index contributed by atoms with van der Waals surface area (Å²) in [7, 11) is 0. The van der Waals surface area contributed by atoms with Gasteiger partial charge >= 0.3 is 18.3 Å². The lowest BCUT2D eigenvalue weighted by molar-refractivity contribution is -0.277. The van der Waals surface area contributed by atoms with E-state index < -0.39 is 18.3 Å². The van der Waals surface area contributed by atoms with E-state index in [0.29, 0.717) is 24.7 Å². The Morgan fingerprint density at radius 1 is 1.31 bits per heavy atom. The van der Waals surface area contributed by atoms with Gasteiger partial charge in [0.1, 0.15) is 11.6 Å². The van der Waals surface area contributed by atoms with Gasteiger partial charge in [-0.25, -0.2) is 0 Å². The summed E-state index contributed by atoms with van der Waals surface area (Å²) in [4.78, 5) is 22.5. The zero-order valence-electron chi connectivity index (χ0n) is 14.1. The second-order valence-electron chi connectivity index (χ2n) is 7.24. The number of aliphatic carboxylic acids is 1. The number of fused-ring (bicyclic) bond motifs is 1. The van der Waals surface area contributed by atoms with Crippen molar-refractivity contribution < 1.29 is 27.8 Å². The predicted molar refractivity (Wildman–Crippen MR) is 85.1 cm³/mol. The maximum absolute atomic E-state index is 12.6. The lowest BCUT2D eigenvalue weighted by Crippen LogP contribution is -2.46. The summed E-state index contributed by atoms with van der Waals surface area (Å²) in [6.45, 7) is 3.91. The Hall–Kier alpha value is -2.26. The Labute approximate surface area is 147 Å². The molecule has 142 valence electrons. The van der Waals surface area contributed by atoms with E-state index in [-0.39, 0.29) is 30.2 Å². The van der Waals surface area contributed by atoms with Gasteiger partial charge in [0.25, 0.3) is 0 Å². The first kappa shape index (κ1) is 17.2. The molecule has 1 aromatic rings. The van der Waals surface area contributed by atoms with Gasteiger partial charge in [-0.1, -0.05) is 0 Å². The van der Waals surface area contributed by atoms with Crippen LogP contribution in [0, 0.1) is 17.8 Å². The Morgan fingerprint density at radius 3 is 2.46 bits per heavy atom. The molecule has 0 aromatic carbocycles. The third-order valence-corrected chi connectivity index (χ3v) is 5.61. The molecule has 2 saturated heterocycles. The predicted octanol–water partition coefficient (Wildman–Crippen LogP) is 2.13. The first-order valence-corrected chi connectivity index (χ1v) is 8.59. The number of carboxylic acid groups (broad SMARTS) is 1. The first-order valence-electron chi connectivity index (χ1n) is 8.59. The van der Waals surface area contributed by atoms with E-state index in [0.717, 1.165) is 13.0 Å². The van der Waals surface area contributed by atoms with Gasteiger partial charge < -0.3 is 19.6 Å². The molecule has 10 heteroatoms. The van der Waals surface area contributed by atoms with Gasteiger partial charge in [0, 0.05) is 38.2 Å². The SMILES string of the molecule is C[C@H]1CCN1c1cc(N2C[C@@H]3C(CC(=O)O)[C@@H]3C2)nc(OC(F)(F)F)n1. The number of hydrogen-bond acceptors (Lipinski definition) is 6. The number of ether oxygens (including phenoxy) is 1. The van der Waals surface area contributed by atoms with Gasteiger partial charge in [-0.2, -0.15) is 9.97 Å². The molecule has 4 rings (SSSR count). The average Bonchev–Trinajstić information content (AvgIpc) is 2.94. The lowest BCUT2D eigenvalue weighted by Gasteiger charge is -2.40. The normalized spacial score (nSPS) is 30.0. The number of hydrogen-bond donors (Lipinski definition) is 1. The smallest absolute Gasteiger partial charge is 0.481 e. The fraction of sp³-hybridized carbons (Fsp3) is 0.688. The van der Waals surface area contributed by atoms with Crippen LogP contribution in [0.1, 0.15) is 19.8 Å². The van der Waals surface area contributed by atoms with Crippen molar-refractivity contribution in [3.05, 3.63) is 6.07 Å². The van der Waals surface area contributed by atoms with E-state index in [1.54, 1.807) is 6.07 Å². The molecule has 1 saturated carbocycles. The molecular weight excluding hydrogens is 353 g/mol. The average molecular weight is 372 g/mol. The number of rotatable bonds is 5. The summed E-state index contributed by atoms with van der Waals surface area (Å²) in [6.07, 6.45) is -3.75. The van der Waals surface area contributed by atoms with Gasteiger partial charge in [0.05, 0.1) is 0 Å². The number of piperidine rings is 1. The molecule has 1 N–H and O–H groups in total. The summed E-state index contributed by atoms with van der Waals surface area (Å²) in [5.41, 5.74) is 0. The maximum Gasteiger partial charge on any atom is 0.575 e. The number of nitrogens with zero attached hydrogens (tertiary/aromatic N) is 4. The highest BCUT2D eigenvalue weighted by molar-refractivity contribution is 5.68. The molecule has 1 aromatic heterocycles. The topological polar surface area (TPSA) is 78.8 Å². The highest BCUT2D eigenvalue weighted by atomic mass is 19.4. The molecular formula is C16H19F3N4O3. The van der Waals surface area contributed by atoms with E-state index in [9.17, 15) is 18.0 Å². The van der Waals surface area contributed by atoms with E-state index in [2.05, 4.69) is 14.7 Å². The van der Waals surface area contributed by atoms with Crippen LogP contribution in [0.15, 0.2) is 6.07 Å². The van der Waals surface area contributed by atoms with E-state index in [1.807, 2.05) is 16.7 Å². The molecule has 1 unspecified atom stereocenters. The Bertz CT molecular complexity index is 717. The molecule has 3 fully saturated rings. The molecule has 4 atom stereocenters. The molecule has 3 aliphatic rings. The number of anilines is 2. The largest absolute Gasteiger partial charge is 0.575 e. The van der Waals surface area contributed by atoms with Gasteiger partial charge in [-0.15, -0.1) is 13.2 Å². The van der Waals surface area contributed by atoms with Crippen LogP contribution in [0.4, 0.5) is 24.8 Å². The summed E-state index contributed by atoms with van der Waals surface area (Å²) in [5, 5.41) is 8.90. The van der Waals surface area contributed by atoms with Crippen molar-refractivity contribution in [3.63, 3.8) is 0 Å². The van der Waals surface area contributed by atoms with Gasteiger partial charge in [-0.05, 0) is 31.1 Å². The molecule has 2 aliphatic heterocycles. The van der Waals surface area contributed by atoms with E-state index >= 15 is 0 Å². The molecule has 0 spiro atoms. The van der Waals surface area contributed by atoms with Crippen molar-refractivity contribution in [3.8, 4) is 6.01 Å². The molecule has 3 heterocycles. The molecule has 26 heavy (non-hydrogen) atoms. The Kier molecular flexibility index (Phi) is 3.89. The van der Waals surface area contributed by atoms with Crippen molar-refractivity contribution in [2.75, 3.05) is 29.4 Å². The summed E-state index contributed by atoms with van der Waals surface area (Å²) >= 11 is 0. The van der Waals surface area contributed by atoms with Crippen LogP contribution in [0.25, 0.3) is 0 Å². The molecule has 0 bridgehead atoms. The number of alkyl halides is 3. The van der Waals surface area contributed by atoms with Crippen LogP contribution < -0.4 is 14.5 Å². The monoisotopic (exact) mass is 372 g/mol.